The lowest BCUT2D eigenvalue weighted by Crippen LogP contribution is -2.49. The van der Waals surface area contributed by atoms with Crippen LogP contribution in [0.1, 0.15) is 33.1 Å². The zero-order chi connectivity index (χ0) is 10.1. The average Bonchev–Trinajstić information content (AvgIpc) is 2.04. The molecule has 0 aromatic heterocycles. The number of carboxylic acids is 1. The first-order valence-electron chi connectivity index (χ1n) is 4.81. The van der Waals surface area contributed by atoms with Gasteiger partial charge in [0.1, 0.15) is 0 Å². The third kappa shape index (κ3) is 1.70. The van der Waals surface area contributed by atoms with Gasteiger partial charge < -0.3 is 9.84 Å². The summed E-state index contributed by atoms with van der Waals surface area (Å²) >= 11 is 0. The fourth-order valence-electron chi connectivity index (χ4n) is 2.33. The Morgan fingerprint density at radius 2 is 2.15 bits per heavy atom. The van der Waals surface area contributed by atoms with Crippen LogP contribution >= 0.6 is 0 Å². The summed E-state index contributed by atoms with van der Waals surface area (Å²) in [6, 6.07) is 0. The molecule has 0 radical (unpaired) electrons. The summed E-state index contributed by atoms with van der Waals surface area (Å²) in [5.74, 6) is -0.0780. The number of carbonyl (C=O) groups is 1. The zero-order valence-electron chi connectivity index (χ0n) is 8.54. The molecule has 0 amide bonds. The van der Waals surface area contributed by atoms with Gasteiger partial charge in [-0.3, -0.25) is 0 Å². The van der Waals surface area contributed by atoms with Crippen LogP contribution in [0.5, 0.6) is 0 Å². The van der Waals surface area contributed by atoms with Crippen LogP contribution in [0.15, 0.2) is 0 Å². The van der Waals surface area contributed by atoms with Crippen molar-refractivity contribution in [1.29, 1.82) is 0 Å². The molecule has 3 atom stereocenters. The van der Waals surface area contributed by atoms with Crippen molar-refractivity contribution >= 4 is 5.97 Å². The molecule has 76 valence electrons. The molecule has 0 aromatic carbocycles. The molecular weight excluding hydrogens is 168 g/mol. The second kappa shape index (κ2) is 3.66. The highest BCUT2D eigenvalue weighted by Gasteiger charge is 2.46. The second-order valence-corrected chi connectivity index (χ2v) is 4.18. The molecule has 0 heterocycles. The fourth-order valence-corrected chi connectivity index (χ4v) is 2.33. The SMILES string of the molecule is COC1(C(=O)O)CCC(C)CC1C. The molecule has 0 aliphatic heterocycles. The molecule has 0 spiro atoms. The molecule has 3 heteroatoms. The van der Waals surface area contributed by atoms with Crippen molar-refractivity contribution in [3.8, 4) is 0 Å². The van der Waals surface area contributed by atoms with Crippen molar-refractivity contribution in [2.45, 2.75) is 38.7 Å². The smallest absolute Gasteiger partial charge is 0.336 e. The Hall–Kier alpha value is -0.570. The van der Waals surface area contributed by atoms with Crippen molar-refractivity contribution < 1.29 is 14.6 Å². The van der Waals surface area contributed by atoms with Crippen LogP contribution in [0.25, 0.3) is 0 Å². The highest BCUT2D eigenvalue weighted by Crippen LogP contribution is 2.39. The standard InChI is InChI=1S/C10H18O3/c1-7-4-5-10(13-3,9(11)12)8(2)6-7/h7-8H,4-6H2,1-3H3,(H,11,12). The van der Waals surface area contributed by atoms with E-state index in [9.17, 15) is 4.79 Å². The van der Waals surface area contributed by atoms with E-state index in [1.165, 1.54) is 7.11 Å². The van der Waals surface area contributed by atoms with Gasteiger partial charge in [0.05, 0.1) is 0 Å². The Kier molecular flexibility index (Phi) is 2.96. The van der Waals surface area contributed by atoms with Gasteiger partial charge in [0.2, 0.25) is 0 Å². The predicted octanol–water partition coefficient (Wildman–Crippen LogP) is 1.91. The van der Waals surface area contributed by atoms with Crippen molar-refractivity contribution in [3.05, 3.63) is 0 Å². The van der Waals surface area contributed by atoms with Crippen LogP contribution in [0.3, 0.4) is 0 Å². The maximum atomic E-state index is 11.1. The molecule has 0 saturated heterocycles. The van der Waals surface area contributed by atoms with Crippen LogP contribution in [0, 0.1) is 11.8 Å². The van der Waals surface area contributed by atoms with Crippen LogP contribution in [0.2, 0.25) is 0 Å². The largest absolute Gasteiger partial charge is 0.479 e. The first-order valence-corrected chi connectivity index (χ1v) is 4.81. The Bertz CT molecular complexity index is 202. The summed E-state index contributed by atoms with van der Waals surface area (Å²) in [5, 5.41) is 9.12. The Morgan fingerprint density at radius 1 is 1.54 bits per heavy atom. The minimum atomic E-state index is -0.924. The third-order valence-corrected chi connectivity index (χ3v) is 3.29. The van der Waals surface area contributed by atoms with E-state index < -0.39 is 11.6 Å². The molecule has 3 nitrogen and oxygen atoms in total. The van der Waals surface area contributed by atoms with E-state index in [0.29, 0.717) is 12.3 Å². The van der Waals surface area contributed by atoms with Crippen molar-refractivity contribution in [2.24, 2.45) is 11.8 Å². The van der Waals surface area contributed by atoms with E-state index >= 15 is 0 Å². The summed E-state index contributed by atoms with van der Waals surface area (Å²) in [6.07, 6.45) is 2.53. The van der Waals surface area contributed by atoms with Crippen LogP contribution < -0.4 is 0 Å². The third-order valence-electron chi connectivity index (χ3n) is 3.29. The van der Waals surface area contributed by atoms with Gasteiger partial charge in [-0.1, -0.05) is 13.8 Å². The summed E-state index contributed by atoms with van der Waals surface area (Å²) in [7, 11) is 1.50. The van der Waals surface area contributed by atoms with Gasteiger partial charge in [0.15, 0.2) is 5.60 Å². The number of hydrogen-bond donors (Lipinski definition) is 1. The van der Waals surface area contributed by atoms with Crippen LogP contribution in [-0.4, -0.2) is 23.8 Å². The number of methoxy groups -OCH3 is 1. The number of aliphatic carboxylic acids is 1. The number of hydrogen-bond acceptors (Lipinski definition) is 2. The van der Waals surface area contributed by atoms with Crippen LogP contribution in [0.4, 0.5) is 0 Å². The summed E-state index contributed by atoms with van der Waals surface area (Å²) in [4.78, 5) is 11.1. The molecule has 1 aliphatic carbocycles. The molecule has 1 rings (SSSR count). The molecule has 1 fully saturated rings. The molecule has 0 aromatic rings. The topological polar surface area (TPSA) is 46.5 Å². The fraction of sp³-hybridized carbons (Fsp3) is 0.900. The first kappa shape index (κ1) is 10.5. The van der Waals surface area contributed by atoms with E-state index in [1.807, 2.05) is 6.92 Å². The lowest BCUT2D eigenvalue weighted by molar-refractivity contribution is -0.175. The molecule has 3 unspecified atom stereocenters. The van der Waals surface area contributed by atoms with Gasteiger partial charge in [-0.05, 0) is 31.1 Å². The molecule has 0 bridgehead atoms. The number of ether oxygens (including phenoxy) is 1. The number of rotatable bonds is 2. The highest BCUT2D eigenvalue weighted by molar-refractivity contribution is 5.78. The van der Waals surface area contributed by atoms with E-state index in [1.54, 1.807) is 0 Å². The summed E-state index contributed by atoms with van der Waals surface area (Å²) < 4.78 is 5.20. The van der Waals surface area contributed by atoms with Gasteiger partial charge >= 0.3 is 5.97 Å². The minimum Gasteiger partial charge on any atom is -0.479 e. The normalized spacial score (nSPS) is 40.2. The Labute approximate surface area is 79.1 Å². The van der Waals surface area contributed by atoms with E-state index in [-0.39, 0.29) is 5.92 Å². The average molecular weight is 186 g/mol. The van der Waals surface area contributed by atoms with E-state index in [4.69, 9.17) is 9.84 Å². The lowest BCUT2D eigenvalue weighted by atomic mass is 9.72. The van der Waals surface area contributed by atoms with Crippen molar-refractivity contribution in [3.63, 3.8) is 0 Å². The monoisotopic (exact) mass is 186 g/mol. The second-order valence-electron chi connectivity index (χ2n) is 4.18. The summed E-state index contributed by atoms with van der Waals surface area (Å²) in [6.45, 7) is 4.13. The van der Waals surface area contributed by atoms with Crippen LogP contribution in [-0.2, 0) is 9.53 Å². The zero-order valence-corrected chi connectivity index (χ0v) is 8.54. The lowest BCUT2D eigenvalue weighted by Gasteiger charge is -2.40. The Morgan fingerprint density at radius 3 is 2.54 bits per heavy atom. The molecule has 1 aliphatic rings. The van der Waals surface area contributed by atoms with Gasteiger partial charge in [-0.2, -0.15) is 0 Å². The molecular formula is C10H18O3. The Balaban J connectivity index is 2.81. The molecule has 1 saturated carbocycles. The van der Waals surface area contributed by atoms with Gasteiger partial charge in [-0.25, -0.2) is 4.79 Å². The molecule has 13 heavy (non-hydrogen) atoms. The van der Waals surface area contributed by atoms with Gasteiger partial charge in [0, 0.05) is 7.11 Å². The van der Waals surface area contributed by atoms with E-state index in [2.05, 4.69) is 6.92 Å². The minimum absolute atomic E-state index is 0.110. The number of carboxylic acid groups (broad SMARTS) is 1. The van der Waals surface area contributed by atoms with Gasteiger partial charge in [-0.15, -0.1) is 0 Å². The highest BCUT2D eigenvalue weighted by atomic mass is 16.5. The van der Waals surface area contributed by atoms with Crippen molar-refractivity contribution in [2.75, 3.05) is 7.11 Å². The predicted molar refractivity (Wildman–Crippen MR) is 49.6 cm³/mol. The van der Waals surface area contributed by atoms with Crippen molar-refractivity contribution in [1.82, 2.24) is 0 Å². The first-order chi connectivity index (χ1) is 6.03. The maximum absolute atomic E-state index is 11.1. The maximum Gasteiger partial charge on any atom is 0.336 e. The van der Waals surface area contributed by atoms with Gasteiger partial charge in [0.25, 0.3) is 0 Å². The molecule has 1 N–H and O–H groups in total. The summed E-state index contributed by atoms with van der Waals surface area (Å²) in [5.41, 5.74) is -0.924. The quantitative estimate of drug-likeness (QED) is 0.716. The van der Waals surface area contributed by atoms with E-state index in [0.717, 1.165) is 12.8 Å².